The summed E-state index contributed by atoms with van der Waals surface area (Å²) in [5, 5.41) is 0. The minimum Gasteiger partial charge on any atom is -0.491 e. The van der Waals surface area contributed by atoms with Crippen molar-refractivity contribution in [1.29, 1.82) is 0 Å². The average molecular weight is 273 g/mol. The van der Waals surface area contributed by atoms with E-state index in [-0.39, 0.29) is 0 Å². The maximum Gasteiger partial charge on any atom is 0.142 e. The van der Waals surface area contributed by atoms with Gasteiger partial charge in [0.1, 0.15) is 5.75 Å². The van der Waals surface area contributed by atoms with Crippen LogP contribution in [0.3, 0.4) is 0 Å². The van der Waals surface area contributed by atoms with E-state index in [9.17, 15) is 0 Å². The number of para-hydroxylation sites is 2. The van der Waals surface area contributed by atoms with E-state index >= 15 is 0 Å². The van der Waals surface area contributed by atoms with Crippen molar-refractivity contribution < 1.29 is 4.74 Å². The second-order valence-corrected chi connectivity index (χ2v) is 5.42. The van der Waals surface area contributed by atoms with Crippen LogP contribution in [0, 0.1) is 0 Å². The van der Waals surface area contributed by atoms with E-state index in [1.54, 1.807) is 0 Å². The third-order valence-corrected chi connectivity index (χ3v) is 3.83. The van der Waals surface area contributed by atoms with Gasteiger partial charge in [0.15, 0.2) is 0 Å². The number of rotatable bonds is 7. The van der Waals surface area contributed by atoms with Crippen LogP contribution in [0.15, 0.2) is 59.5 Å². The first-order valence-electron chi connectivity index (χ1n) is 6.51. The van der Waals surface area contributed by atoms with Gasteiger partial charge in [0.25, 0.3) is 0 Å². The van der Waals surface area contributed by atoms with E-state index in [1.807, 2.05) is 42.1 Å². The lowest BCUT2D eigenvalue weighted by molar-refractivity contribution is 0.311. The second-order valence-electron chi connectivity index (χ2n) is 4.25. The molecule has 2 aromatic carbocycles. The Kier molecular flexibility index (Phi) is 5.63. The molecule has 0 spiro atoms. The molecule has 2 rings (SSSR count). The van der Waals surface area contributed by atoms with Gasteiger partial charge >= 0.3 is 0 Å². The summed E-state index contributed by atoms with van der Waals surface area (Å²) in [5.74, 6) is 1.91. The van der Waals surface area contributed by atoms with Crippen molar-refractivity contribution in [2.24, 2.45) is 0 Å². The fraction of sp³-hybridized carbons (Fsp3) is 0.250. The van der Waals surface area contributed by atoms with Gasteiger partial charge in [-0.2, -0.15) is 0 Å². The quantitative estimate of drug-likeness (QED) is 0.466. The minimum atomic E-state index is 0.709. The molecule has 0 aliphatic carbocycles. The minimum absolute atomic E-state index is 0.709. The molecule has 0 unspecified atom stereocenters. The third-order valence-electron chi connectivity index (χ3n) is 2.73. The highest BCUT2D eigenvalue weighted by molar-refractivity contribution is 7.99. The Hall–Kier alpha value is -1.61. The van der Waals surface area contributed by atoms with Crippen LogP contribution >= 0.6 is 11.8 Å². The van der Waals surface area contributed by atoms with Crippen LogP contribution in [0.2, 0.25) is 0 Å². The second kappa shape index (κ2) is 7.74. The van der Waals surface area contributed by atoms with Crippen molar-refractivity contribution in [1.82, 2.24) is 0 Å². The summed E-state index contributed by atoms with van der Waals surface area (Å²) in [4.78, 5) is 1.33. The third kappa shape index (κ3) is 4.87. The van der Waals surface area contributed by atoms with Crippen LogP contribution in [-0.2, 0) is 0 Å². The fourth-order valence-electron chi connectivity index (χ4n) is 1.70. The molecular weight excluding hydrogens is 254 g/mol. The number of anilines is 1. The number of hydrogen-bond donors (Lipinski definition) is 1. The molecule has 0 amide bonds. The smallest absolute Gasteiger partial charge is 0.142 e. The van der Waals surface area contributed by atoms with Gasteiger partial charge in [-0.05, 0) is 42.9 Å². The van der Waals surface area contributed by atoms with Crippen molar-refractivity contribution in [2.45, 2.75) is 17.7 Å². The zero-order valence-corrected chi connectivity index (χ0v) is 11.7. The van der Waals surface area contributed by atoms with Gasteiger partial charge < -0.3 is 10.5 Å². The Morgan fingerprint density at radius 1 is 0.895 bits per heavy atom. The van der Waals surface area contributed by atoms with Crippen LogP contribution < -0.4 is 10.5 Å². The van der Waals surface area contributed by atoms with E-state index < -0.39 is 0 Å². The van der Waals surface area contributed by atoms with Gasteiger partial charge in [0.05, 0.1) is 12.3 Å². The maximum absolute atomic E-state index is 5.81. The Morgan fingerprint density at radius 2 is 1.63 bits per heavy atom. The maximum atomic E-state index is 5.81. The Bertz CT molecular complexity index is 487. The highest BCUT2D eigenvalue weighted by Crippen LogP contribution is 2.21. The van der Waals surface area contributed by atoms with E-state index in [1.165, 1.54) is 4.90 Å². The van der Waals surface area contributed by atoms with Crippen molar-refractivity contribution in [3.05, 3.63) is 54.6 Å². The lowest BCUT2D eigenvalue weighted by Crippen LogP contribution is -2.00. The average Bonchev–Trinajstić information content (AvgIpc) is 2.45. The normalized spacial score (nSPS) is 10.3. The number of nitrogen functional groups attached to an aromatic ring is 1. The molecule has 0 heterocycles. The molecule has 0 atom stereocenters. The molecule has 3 heteroatoms. The summed E-state index contributed by atoms with van der Waals surface area (Å²) >= 11 is 1.89. The van der Waals surface area contributed by atoms with Gasteiger partial charge in [-0.25, -0.2) is 0 Å². The molecule has 0 aliphatic rings. The molecule has 2 aromatic rings. The predicted octanol–water partition coefficient (Wildman–Crippen LogP) is 4.22. The van der Waals surface area contributed by atoms with Gasteiger partial charge in [0.2, 0.25) is 0 Å². The monoisotopic (exact) mass is 273 g/mol. The van der Waals surface area contributed by atoms with Crippen molar-refractivity contribution in [3.63, 3.8) is 0 Å². The molecule has 0 aromatic heterocycles. The Balaban J connectivity index is 1.59. The molecule has 0 saturated heterocycles. The van der Waals surface area contributed by atoms with Crippen LogP contribution in [0.4, 0.5) is 5.69 Å². The Morgan fingerprint density at radius 3 is 2.42 bits per heavy atom. The number of unbranched alkanes of at least 4 members (excludes halogenated alkanes) is 1. The first-order chi connectivity index (χ1) is 9.36. The van der Waals surface area contributed by atoms with E-state index in [0.717, 1.165) is 31.0 Å². The van der Waals surface area contributed by atoms with E-state index in [2.05, 4.69) is 24.3 Å². The lowest BCUT2D eigenvalue weighted by atomic mass is 10.3. The van der Waals surface area contributed by atoms with Crippen LogP contribution in [-0.4, -0.2) is 12.4 Å². The first kappa shape index (κ1) is 13.8. The van der Waals surface area contributed by atoms with Crippen molar-refractivity contribution >= 4 is 17.4 Å². The largest absolute Gasteiger partial charge is 0.491 e. The topological polar surface area (TPSA) is 35.2 Å². The molecule has 0 fully saturated rings. The number of benzene rings is 2. The standard InChI is InChI=1S/C16H19NOS/c17-15-10-4-5-11-16(15)18-12-6-7-13-19-14-8-2-1-3-9-14/h1-5,8-11H,6-7,12-13,17H2. The fourth-order valence-corrected chi connectivity index (χ4v) is 2.64. The molecule has 0 radical (unpaired) electrons. The molecule has 0 aliphatic heterocycles. The number of nitrogens with two attached hydrogens (primary N) is 1. The van der Waals surface area contributed by atoms with Gasteiger partial charge in [-0.1, -0.05) is 30.3 Å². The molecule has 2 N–H and O–H groups in total. The van der Waals surface area contributed by atoms with Crippen molar-refractivity contribution in [3.8, 4) is 5.75 Å². The van der Waals surface area contributed by atoms with Gasteiger partial charge in [-0.3, -0.25) is 0 Å². The highest BCUT2D eigenvalue weighted by atomic mass is 32.2. The summed E-state index contributed by atoms with van der Waals surface area (Å²) in [6, 6.07) is 18.1. The molecule has 2 nitrogen and oxygen atoms in total. The Labute approximate surface area is 119 Å². The van der Waals surface area contributed by atoms with Gasteiger partial charge in [-0.15, -0.1) is 11.8 Å². The molecule has 100 valence electrons. The summed E-state index contributed by atoms with van der Waals surface area (Å²) in [6.45, 7) is 0.726. The summed E-state index contributed by atoms with van der Waals surface area (Å²) in [6.07, 6.45) is 2.19. The summed E-state index contributed by atoms with van der Waals surface area (Å²) in [7, 11) is 0. The SMILES string of the molecule is Nc1ccccc1OCCCCSc1ccccc1. The number of ether oxygens (including phenoxy) is 1. The van der Waals surface area contributed by atoms with E-state index in [4.69, 9.17) is 10.5 Å². The molecular formula is C16H19NOS. The number of thioether (sulfide) groups is 1. The molecule has 0 bridgehead atoms. The number of hydrogen-bond acceptors (Lipinski definition) is 3. The summed E-state index contributed by atoms with van der Waals surface area (Å²) in [5.41, 5.74) is 6.52. The lowest BCUT2D eigenvalue weighted by Gasteiger charge is -2.08. The highest BCUT2D eigenvalue weighted by Gasteiger charge is 1.98. The van der Waals surface area contributed by atoms with Crippen LogP contribution in [0.5, 0.6) is 5.75 Å². The zero-order chi connectivity index (χ0) is 13.3. The molecule has 0 saturated carbocycles. The summed E-state index contributed by atoms with van der Waals surface area (Å²) < 4.78 is 5.65. The van der Waals surface area contributed by atoms with Crippen LogP contribution in [0.1, 0.15) is 12.8 Å². The van der Waals surface area contributed by atoms with Crippen molar-refractivity contribution in [2.75, 3.05) is 18.1 Å². The predicted molar refractivity (Wildman–Crippen MR) is 82.7 cm³/mol. The van der Waals surface area contributed by atoms with E-state index in [0.29, 0.717) is 5.69 Å². The first-order valence-corrected chi connectivity index (χ1v) is 7.50. The van der Waals surface area contributed by atoms with Crippen LogP contribution in [0.25, 0.3) is 0 Å². The van der Waals surface area contributed by atoms with Gasteiger partial charge in [0, 0.05) is 4.90 Å². The zero-order valence-electron chi connectivity index (χ0n) is 10.9. The molecule has 19 heavy (non-hydrogen) atoms.